The van der Waals surface area contributed by atoms with Crippen molar-refractivity contribution in [1.29, 1.82) is 0 Å². The molecule has 0 aliphatic carbocycles. The maximum Gasteiger partial charge on any atom is 0.180 e. The Morgan fingerprint density at radius 1 is 0.557 bits per heavy atom. The van der Waals surface area contributed by atoms with Crippen molar-refractivity contribution in [3.05, 3.63) is 196 Å². The number of ether oxygens (including phenoxy) is 8. The molecule has 0 bridgehead atoms. The smallest absolute Gasteiger partial charge is 0.180 e. The van der Waals surface area contributed by atoms with E-state index >= 15 is 0 Å². The van der Waals surface area contributed by atoms with Crippen molar-refractivity contribution in [2.75, 3.05) is 26.4 Å². The lowest BCUT2D eigenvalue weighted by Gasteiger charge is -2.46. The van der Waals surface area contributed by atoms with Crippen molar-refractivity contribution >= 4 is 11.6 Å². The second-order valence-corrected chi connectivity index (χ2v) is 15.7. The molecule has 6 aromatic rings. The van der Waals surface area contributed by atoms with Gasteiger partial charge in [0, 0.05) is 12.0 Å². The molecule has 2 heterocycles. The quantitative estimate of drug-likeness (QED) is 0.0847. The second kappa shape index (κ2) is 21.6. The predicted molar refractivity (Wildman–Crippen MR) is 236 cm³/mol. The highest BCUT2D eigenvalue weighted by Crippen LogP contribution is 2.49. The van der Waals surface area contributed by atoms with Crippen LogP contribution in [0.25, 0.3) is 0 Å². The lowest BCUT2D eigenvalue weighted by Crippen LogP contribution is -2.58. The van der Waals surface area contributed by atoms with Crippen molar-refractivity contribution in [2.24, 2.45) is 0 Å². The molecule has 61 heavy (non-hydrogen) atoms. The summed E-state index contributed by atoms with van der Waals surface area (Å²) in [6, 6.07) is 50.8. The Morgan fingerprint density at radius 3 is 1.62 bits per heavy atom. The molecule has 8 nitrogen and oxygen atoms in total. The molecular formula is C52H53ClO8. The van der Waals surface area contributed by atoms with Gasteiger partial charge in [0.2, 0.25) is 0 Å². The Labute approximate surface area is 364 Å². The van der Waals surface area contributed by atoms with Crippen LogP contribution in [0.1, 0.15) is 58.4 Å². The van der Waals surface area contributed by atoms with E-state index in [0.29, 0.717) is 75.6 Å². The van der Waals surface area contributed by atoms with E-state index in [-0.39, 0.29) is 6.61 Å². The fraction of sp³-hybridized carbons (Fsp3) is 0.308. The molecule has 5 unspecified atom stereocenters. The van der Waals surface area contributed by atoms with Crippen LogP contribution in [-0.4, -0.2) is 50.8 Å². The van der Waals surface area contributed by atoms with Crippen LogP contribution >= 0.6 is 11.6 Å². The lowest BCUT2D eigenvalue weighted by atomic mass is 9.88. The number of halogens is 1. The average molecular weight is 841 g/mol. The third-order valence-corrected chi connectivity index (χ3v) is 11.3. The summed E-state index contributed by atoms with van der Waals surface area (Å²) in [5, 5.41) is 0.510. The Bertz CT molecular complexity index is 2220. The summed E-state index contributed by atoms with van der Waals surface area (Å²) in [6.45, 7) is 5.10. The second-order valence-electron chi connectivity index (χ2n) is 15.3. The summed E-state index contributed by atoms with van der Waals surface area (Å²) in [7, 11) is 0. The first kappa shape index (κ1) is 42.5. The first-order chi connectivity index (χ1) is 30.1. The van der Waals surface area contributed by atoms with E-state index in [9.17, 15) is 0 Å². The third-order valence-electron chi connectivity index (χ3n) is 10.9. The monoisotopic (exact) mass is 840 g/mol. The van der Waals surface area contributed by atoms with Crippen molar-refractivity contribution in [1.82, 2.24) is 0 Å². The molecule has 2 aliphatic heterocycles. The molecule has 5 atom stereocenters. The SMILES string of the molecule is CCOc1ccc(Cc2cc(C3OC(COCc4ccccc4)C(OCc4ccccc4)C(OCc4ccccc4)C3OCc3ccccc3)c3c(c2Cl)OCCCO3)cc1. The largest absolute Gasteiger partial charge is 0.494 e. The Morgan fingerprint density at radius 2 is 1.07 bits per heavy atom. The summed E-state index contributed by atoms with van der Waals surface area (Å²) in [4.78, 5) is 0. The minimum Gasteiger partial charge on any atom is -0.494 e. The fourth-order valence-corrected chi connectivity index (χ4v) is 8.11. The normalized spacial score (nSPS) is 19.9. The Kier molecular flexibility index (Phi) is 15.0. The summed E-state index contributed by atoms with van der Waals surface area (Å²) in [5.41, 5.74) is 6.84. The van der Waals surface area contributed by atoms with Crippen LogP contribution in [0.15, 0.2) is 152 Å². The molecule has 1 saturated heterocycles. The van der Waals surface area contributed by atoms with Crippen LogP contribution in [0, 0.1) is 0 Å². The highest BCUT2D eigenvalue weighted by atomic mass is 35.5. The van der Waals surface area contributed by atoms with Gasteiger partial charge in [-0.1, -0.05) is 145 Å². The summed E-state index contributed by atoms with van der Waals surface area (Å²) in [5.74, 6) is 1.87. The van der Waals surface area contributed by atoms with E-state index < -0.39 is 30.5 Å². The van der Waals surface area contributed by atoms with Gasteiger partial charge < -0.3 is 37.9 Å². The highest BCUT2D eigenvalue weighted by Gasteiger charge is 2.50. The molecular weight excluding hydrogens is 788 g/mol. The van der Waals surface area contributed by atoms with Crippen molar-refractivity contribution in [3.8, 4) is 17.2 Å². The highest BCUT2D eigenvalue weighted by molar-refractivity contribution is 6.33. The molecule has 2 aliphatic rings. The number of rotatable bonds is 18. The molecule has 0 spiro atoms. The van der Waals surface area contributed by atoms with E-state index in [1.807, 2.05) is 91.9 Å². The zero-order valence-electron chi connectivity index (χ0n) is 34.5. The van der Waals surface area contributed by atoms with Gasteiger partial charge in [-0.15, -0.1) is 0 Å². The molecule has 6 aromatic carbocycles. The van der Waals surface area contributed by atoms with Gasteiger partial charge in [-0.25, -0.2) is 0 Å². The Hall–Kier alpha value is -5.19. The van der Waals surface area contributed by atoms with Crippen LogP contribution in [0.3, 0.4) is 0 Å². The Balaban J connectivity index is 1.23. The van der Waals surface area contributed by atoms with E-state index in [1.165, 1.54) is 0 Å². The van der Waals surface area contributed by atoms with Crippen LogP contribution in [0.5, 0.6) is 17.2 Å². The van der Waals surface area contributed by atoms with Gasteiger partial charge in [0.05, 0.1) is 57.9 Å². The van der Waals surface area contributed by atoms with Gasteiger partial charge in [-0.05, 0) is 64.9 Å². The van der Waals surface area contributed by atoms with E-state index in [2.05, 4.69) is 66.7 Å². The zero-order valence-corrected chi connectivity index (χ0v) is 35.3. The lowest BCUT2D eigenvalue weighted by molar-refractivity contribution is -0.275. The van der Waals surface area contributed by atoms with Crippen molar-refractivity contribution < 1.29 is 37.9 Å². The topological polar surface area (TPSA) is 73.8 Å². The van der Waals surface area contributed by atoms with Gasteiger partial charge >= 0.3 is 0 Å². The molecule has 316 valence electrons. The minimum absolute atomic E-state index is 0.230. The predicted octanol–water partition coefficient (Wildman–Crippen LogP) is 10.9. The number of hydrogen-bond donors (Lipinski definition) is 0. The molecule has 0 aromatic heterocycles. The first-order valence-electron chi connectivity index (χ1n) is 21.2. The summed E-state index contributed by atoms with van der Waals surface area (Å²) in [6.07, 6.45) is -1.94. The number of fused-ring (bicyclic) bond motifs is 1. The summed E-state index contributed by atoms with van der Waals surface area (Å²) >= 11 is 7.28. The van der Waals surface area contributed by atoms with Crippen molar-refractivity contribution in [2.45, 2.75) is 76.7 Å². The third kappa shape index (κ3) is 11.2. The van der Waals surface area contributed by atoms with Gasteiger partial charge in [0.15, 0.2) is 11.5 Å². The molecule has 0 radical (unpaired) electrons. The van der Waals surface area contributed by atoms with E-state index in [4.69, 9.17) is 49.5 Å². The maximum absolute atomic E-state index is 7.34. The zero-order chi connectivity index (χ0) is 41.6. The minimum atomic E-state index is -0.710. The molecule has 0 N–H and O–H groups in total. The molecule has 9 heteroatoms. The fourth-order valence-electron chi connectivity index (χ4n) is 7.85. The first-order valence-corrected chi connectivity index (χ1v) is 21.6. The van der Waals surface area contributed by atoms with Crippen LogP contribution in [0.4, 0.5) is 0 Å². The number of benzene rings is 6. The van der Waals surface area contributed by atoms with Gasteiger partial charge in [-0.2, -0.15) is 0 Å². The molecule has 8 rings (SSSR count). The van der Waals surface area contributed by atoms with Crippen molar-refractivity contribution in [3.63, 3.8) is 0 Å². The van der Waals surface area contributed by atoms with Gasteiger partial charge in [0.1, 0.15) is 36.3 Å². The van der Waals surface area contributed by atoms with E-state index in [1.54, 1.807) is 0 Å². The van der Waals surface area contributed by atoms with Crippen LogP contribution in [0.2, 0.25) is 5.02 Å². The molecule has 1 fully saturated rings. The standard InChI is InChI=1S/C52H53ClO8/c1-2-55-43-26-24-37(25-27-43)30-42-31-44(47-50(46(42)53)57-29-15-28-56-47)48-51(59-34-40-20-11-5-12-21-40)52(60-35-41-22-13-6-14-23-41)49(58-33-39-18-9-4-10-19-39)45(61-48)36-54-32-38-16-7-3-8-17-38/h3-14,16-27,31,45,48-49,51-52H,2,15,28-30,32-36H2,1H3. The van der Waals surface area contributed by atoms with E-state index in [0.717, 1.165) is 44.7 Å². The number of hydrogen-bond acceptors (Lipinski definition) is 8. The average Bonchev–Trinajstić information content (AvgIpc) is 3.57. The molecule has 0 saturated carbocycles. The van der Waals surface area contributed by atoms with Gasteiger partial charge in [-0.3, -0.25) is 0 Å². The maximum atomic E-state index is 7.34. The molecule has 0 amide bonds. The van der Waals surface area contributed by atoms with Gasteiger partial charge in [0.25, 0.3) is 0 Å². The van der Waals surface area contributed by atoms with Crippen LogP contribution < -0.4 is 14.2 Å². The summed E-state index contributed by atoms with van der Waals surface area (Å²) < 4.78 is 53.7. The van der Waals surface area contributed by atoms with Crippen LogP contribution in [-0.2, 0) is 56.5 Å².